The van der Waals surface area contributed by atoms with E-state index in [1.807, 2.05) is 11.8 Å². The summed E-state index contributed by atoms with van der Waals surface area (Å²) in [5.41, 5.74) is 0. The van der Waals surface area contributed by atoms with Crippen LogP contribution in [0.3, 0.4) is 0 Å². The average molecular weight is 242 g/mol. The molecule has 0 amide bonds. The molecule has 2 rings (SSSR count). The zero-order chi connectivity index (χ0) is 11.5. The average Bonchev–Trinajstić information content (AvgIpc) is 2.52. The van der Waals surface area contributed by atoms with Crippen LogP contribution in [0.5, 0.6) is 0 Å². The molecule has 0 aliphatic carbocycles. The molecule has 0 spiro atoms. The molecular weight excluding hydrogens is 216 g/mol. The van der Waals surface area contributed by atoms with Gasteiger partial charge in [0.15, 0.2) is 0 Å². The molecule has 2 fully saturated rings. The van der Waals surface area contributed by atoms with Crippen molar-refractivity contribution in [3.05, 3.63) is 0 Å². The maximum Gasteiger partial charge on any atom is 0.0111 e. The number of hydrogen-bond acceptors (Lipinski definition) is 3. The molecule has 3 atom stereocenters. The van der Waals surface area contributed by atoms with Crippen molar-refractivity contribution in [2.24, 2.45) is 0 Å². The van der Waals surface area contributed by atoms with Gasteiger partial charge in [-0.1, -0.05) is 0 Å². The van der Waals surface area contributed by atoms with Gasteiger partial charge in [0.25, 0.3) is 0 Å². The lowest BCUT2D eigenvalue weighted by Crippen LogP contribution is -2.49. The van der Waals surface area contributed by atoms with Crippen molar-refractivity contribution in [1.29, 1.82) is 0 Å². The van der Waals surface area contributed by atoms with E-state index in [0.29, 0.717) is 6.04 Å². The van der Waals surface area contributed by atoms with E-state index in [4.69, 9.17) is 0 Å². The van der Waals surface area contributed by atoms with Crippen LogP contribution in [0.25, 0.3) is 0 Å². The molecule has 0 aromatic carbocycles. The molecule has 3 unspecified atom stereocenters. The summed E-state index contributed by atoms with van der Waals surface area (Å²) in [6.45, 7) is 2.34. The second-order valence-electron chi connectivity index (χ2n) is 5.57. The van der Waals surface area contributed by atoms with E-state index >= 15 is 0 Å². The predicted octanol–water partition coefficient (Wildman–Crippen LogP) is 2.34. The Labute approximate surface area is 105 Å². The number of hydrogen-bond donors (Lipinski definition) is 1. The fraction of sp³-hybridized carbons (Fsp3) is 1.00. The van der Waals surface area contributed by atoms with Crippen LogP contribution in [-0.2, 0) is 0 Å². The van der Waals surface area contributed by atoms with Gasteiger partial charge in [0.05, 0.1) is 0 Å². The first-order chi connectivity index (χ1) is 7.70. The highest BCUT2D eigenvalue weighted by Crippen LogP contribution is 2.34. The summed E-state index contributed by atoms with van der Waals surface area (Å²) in [5.74, 6) is 1.29. The Bertz CT molecular complexity index is 208. The Morgan fingerprint density at radius 2 is 1.94 bits per heavy atom. The van der Waals surface area contributed by atoms with Crippen LogP contribution in [0, 0.1) is 0 Å². The Balaban J connectivity index is 1.75. The molecule has 0 radical (unpaired) electrons. The van der Waals surface area contributed by atoms with Crippen molar-refractivity contribution >= 4 is 11.8 Å². The Morgan fingerprint density at radius 1 is 1.31 bits per heavy atom. The van der Waals surface area contributed by atoms with E-state index in [-0.39, 0.29) is 0 Å². The molecular formula is C13H26N2S. The quantitative estimate of drug-likeness (QED) is 0.797. The van der Waals surface area contributed by atoms with Crippen LogP contribution < -0.4 is 5.32 Å². The highest BCUT2D eigenvalue weighted by atomic mass is 32.2. The third-order valence-electron chi connectivity index (χ3n) is 4.37. The normalized spacial score (nSPS) is 36.6. The topological polar surface area (TPSA) is 15.3 Å². The highest BCUT2D eigenvalue weighted by Gasteiger charge is 2.38. The van der Waals surface area contributed by atoms with E-state index in [9.17, 15) is 0 Å². The standard InChI is InChI=1S/C13H26N2S/c1-10(6-7-16-3)14-11-8-12-4-5-13(9-11)15(12)2/h10-14H,4-9H2,1-3H3. The maximum absolute atomic E-state index is 3.84. The molecule has 0 aromatic rings. The summed E-state index contributed by atoms with van der Waals surface area (Å²) < 4.78 is 0. The van der Waals surface area contributed by atoms with Crippen molar-refractivity contribution in [3.8, 4) is 0 Å². The number of nitrogens with one attached hydrogen (secondary N) is 1. The third kappa shape index (κ3) is 2.93. The third-order valence-corrected chi connectivity index (χ3v) is 5.02. The predicted molar refractivity (Wildman–Crippen MR) is 73.2 cm³/mol. The van der Waals surface area contributed by atoms with Gasteiger partial charge in [-0.3, -0.25) is 0 Å². The van der Waals surface area contributed by atoms with Crippen molar-refractivity contribution in [2.75, 3.05) is 19.1 Å². The summed E-state index contributed by atoms with van der Waals surface area (Å²) in [7, 11) is 2.32. The first-order valence-corrected chi connectivity index (χ1v) is 8.07. The fourth-order valence-corrected chi connectivity index (χ4v) is 3.92. The van der Waals surface area contributed by atoms with Crippen molar-refractivity contribution in [3.63, 3.8) is 0 Å². The largest absolute Gasteiger partial charge is 0.311 e. The Morgan fingerprint density at radius 3 is 2.50 bits per heavy atom. The van der Waals surface area contributed by atoms with Gasteiger partial charge in [0.2, 0.25) is 0 Å². The van der Waals surface area contributed by atoms with E-state index in [0.717, 1.165) is 18.1 Å². The molecule has 1 N–H and O–H groups in total. The number of rotatable bonds is 5. The van der Waals surface area contributed by atoms with Gasteiger partial charge in [-0.2, -0.15) is 11.8 Å². The molecule has 94 valence electrons. The Hall–Kier alpha value is 0.270. The van der Waals surface area contributed by atoms with Gasteiger partial charge in [0, 0.05) is 24.2 Å². The second kappa shape index (κ2) is 5.74. The first-order valence-electron chi connectivity index (χ1n) is 6.67. The molecule has 2 nitrogen and oxygen atoms in total. The van der Waals surface area contributed by atoms with Crippen LogP contribution in [0.1, 0.15) is 39.0 Å². The molecule has 2 aliphatic rings. The van der Waals surface area contributed by atoms with Gasteiger partial charge in [-0.25, -0.2) is 0 Å². The van der Waals surface area contributed by atoms with Crippen molar-refractivity contribution < 1.29 is 0 Å². The summed E-state index contributed by atoms with van der Waals surface area (Å²) in [5, 5.41) is 3.84. The molecule has 0 saturated carbocycles. The SMILES string of the molecule is CSCCC(C)NC1CC2CCC(C1)N2C. The summed E-state index contributed by atoms with van der Waals surface area (Å²) >= 11 is 1.96. The van der Waals surface area contributed by atoms with Crippen molar-refractivity contribution in [1.82, 2.24) is 10.2 Å². The zero-order valence-corrected chi connectivity index (χ0v) is 11.7. The number of thioether (sulfide) groups is 1. The second-order valence-corrected chi connectivity index (χ2v) is 6.55. The minimum absolute atomic E-state index is 0.695. The van der Waals surface area contributed by atoms with E-state index in [1.165, 1.54) is 37.9 Å². The zero-order valence-electron chi connectivity index (χ0n) is 10.9. The lowest BCUT2D eigenvalue weighted by atomic mass is 9.97. The lowest BCUT2D eigenvalue weighted by molar-refractivity contribution is 0.144. The van der Waals surface area contributed by atoms with E-state index in [1.54, 1.807) is 0 Å². The van der Waals surface area contributed by atoms with Gasteiger partial charge >= 0.3 is 0 Å². The van der Waals surface area contributed by atoms with Crippen molar-refractivity contribution in [2.45, 2.75) is 63.2 Å². The molecule has 16 heavy (non-hydrogen) atoms. The minimum Gasteiger partial charge on any atom is -0.311 e. The summed E-state index contributed by atoms with van der Waals surface area (Å²) in [6, 6.07) is 3.21. The minimum atomic E-state index is 0.695. The smallest absolute Gasteiger partial charge is 0.0111 e. The number of nitrogens with zero attached hydrogens (tertiary/aromatic N) is 1. The monoisotopic (exact) mass is 242 g/mol. The first kappa shape index (κ1) is 12.7. The molecule has 2 heterocycles. The van der Waals surface area contributed by atoms with Crippen LogP contribution in [0.4, 0.5) is 0 Å². The van der Waals surface area contributed by atoms with Crippen LogP contribution >= 0.6 is 11.8 Å². The molecule has 2 bridgehead atoms. The number of piperidine rings is 1. The summed E-state index contributed by atoms with van der Waals surface area (Å²) in [4.78, 5) is 2.62. The molecule has 0 aromatic heterocycles. The van der Waals surface area contributed by atoms with Crippen LogP contribution in [0.2, 0.25) is 0 Å². The number of fused-ring (bicyclic) bond motifs is 2. The molecule has 2 saturated heterocycles. The highest BCUT2D eigenvalue weighted by molar-refractivity contribution is 7.98. The lowest BCUT2D eigenvalue weighted by Gasteiger charge is -2.38. The van der Waals surface area contributed by atoms with Gasteiger partial charge < -0.3 is 10.2 Å². The molecule has 2 aliphatic heterocycles. The fourth-order valence-electron chi connectivity index (χ4n) is 3.33. The van der Waals surface area contributed by atoms with Gasteiger partial charge in [-0.15, -0.1) is 0 Å². The van der Waals surface area contributed by atoms with E-state index in [2.05, 4.69) is 30.4 Å². The van der Waals surface area contributed by atoms with Gasteiger partial charge in [0.1, 0.15) is 0 Å². The van der Waals surface area contributed by atoms with Gasteiger partial charge in [-0.05, 0) is 58.1 Å². The van der Waals surface area contributed by atoms with Crippen LogP contribution in [-0.4, -0.2) is 48.1 Å². The van der Waals surface area contributed by atoms with E-state index < -0.39 is 0 Å². The maximum atomic E-state index is 3.84. The van der Waals surface area contributed by atoms with Crippen LogP contribution in [0.15, 0.2) is 0 Å². The summed E-state index contributed by atoms with van der Waals surface area (Å²) in [6.07, 6.45) is 9.11. The Kier molecular flexibility index (Phi) is 4.57. The molecule has 3 heteroatoms.